The molecule has 0 atom stereocenters. The van der Waals surface area contributed by atoms with Gasteiger partial charge in [-0.2, -0.15) is 0 Å². The van der Waals surface area contributed by atoms with Crippen LogP contribution in [0.2, 0.25) is 0 Å². The molecule has 1 heterocycles. The fourth-order valence-electron chi connectivity index (χ4n) is 4.68. The molecule has 146 valence electrons. The molecule has 1 heteroatoms. The maximum atomic E-state index is 6.07. The van der Waals surface area contributed by atoms with Crippen molar-refractivity contribution in [3.8, 4) is 0 Å². The Morgan fingerprint density at radius 1 is 0.621 bits per heavy atom. The normalized spacial score (nSPS) is 11.9. The molecule has 0 aliphatic heterocycles. The van der Waals surface area contributed by atoms with Gasteiger partial charge >= 0.3 is 0 Å². The number of unbranched alkanes of at least 4 members (excludes halogenated alkanes) is 5. The maximum absolute atomic E-state index is 6.07. The fraction of sp³-hybridized carbons (Fsp3) is 0.286. The molecule has 5 rings (SSSR count). The molecule has 0 unspecified atom stereocenters. The van der Waals surface area contributed by atoms with E-state index >= 15 is 0 Å². The van der Waals surface area contributed by atoms with Gasteiger partial charge in [0.2, 0.25) is 0 Å². The highest BCUT2D eigenvalue weighted by Crippen LogP contribution is 2.37. The summed E-state index contributed by atoms with van der Waals surface area (Å²) in [6.07, 6.45) is 9.29. The standard InChI is InChI=1S/C28H28O/c1-2-3-4-5-6-7-10-20-13-15-22-21(19-20)14-16-24-23(22)17-18-27-28(24)25-11-8-9-12-26(25)29-27/h8-9,11-19H,2-7,10H2,1H3. The van der Waals surface area contributed by atoms with Crippen LogP contribution in [0, 0.1) is 0 Å². The quantitative estimate of drug-likeness (QED) is 0.203. The predicted molar refractivity (Wildman–Crippen MR) is 126 cm³/mol. The summed E-state index contributed by atoms with van der Waals surface area (Å²) in [6, 6.07) is 24.3. The van der Waals surface area contributed by atoms with Gasteiger partial charge in [0.15, 0.2) is 0 Å². The van der Waals surface area contributed by atoms with Crippen LogP contribution in [0.4, 0.5) is 0 Å². The number of hydrogen-bond donors (Lipinski definition) is 0. The minimum Gasteiger partial charge on any atom is -0.456 e. The second-order valence-corrected chi connectivity index (χ2v) is 8.27. The van der Waals surface area contributed by atoms with E-state index < -0.39 is 0 Å². The predicted octanol–water partition coefficient (Wildman–Crippen LogP) is 8.80. The zero-order chi connectivity index (χ0) is 19.6. The van der Waals surface area contributed by atoms with Crippen molar-refractivity contribution in [3.05, 3.63) is 72.3 Å². The van der Waals surface area contributed by atoms with Crippen molar-refractivity contribution in [2.24, 2.45) is 0 Å². The second kappa shape index (κ2) is 7.91. The van der Waals surface area contributed by atoms with E-state index in [9.17, 15) is 0 Å². The molecule has 0 radical (unpaired) electrons. The highest BCUT2D eigenvalue weighted by atomic mass is 16.3. The Labute approximate surface area is 172 Å². The number of hydrogen-bond acceptors (Lipinski definition) is 1. The first-order valence-electron chi connectivity index (χ1n) is 11.1. The number of benzene rings is 4. The monoisotopic (exact) mass is 380 g/mol. The molecule has 5 aromatic rings. The Kier molecular flexibility index (Phi) is 4.97. The molecule has 0 saturated carbocycles. The summed E-state index contributed by atoms with van der Waals surface area (Å²) in [4.78, 5) is 0. The average Bonchev–Trinajstić information content (AvgIpc) is 3.14. The average molecular weight is 381 g/mol. The van der Waals surface area contributed by atoms with Crippen molar-refractivity contribution in [1.29, 1.82) is 0 Å². The van der Waals surface area contributed by atoms with E-state index in [-0.39, 0.29) is 0 Å². The van der Waals surface area contributed by atoms with Crippen LogP contribution in [0.1, 0.15) is 51.0 Å². The molecule has 0 saturated heterocycles. The molecule has 0 spiro atoms. The van der Waals surface area contributed by atoms with Gasteiger partial charge in [-0.3, -0.25) is 0 Å². The van der Waals surface area contributed by atoms with Gasteiger partial charge < -0.3 is 4.42 Å². The molecule has 0 aliphatic carbocycles. The smallest absolute Gasteiger partial charge is 0.136 e. The summed E-state index contributed by atoms with van der Waals surface area (Å²) >= 11 is 0. The van der Waals surface area contributed by atoms with Crippen molar-refractivity contribution in [2.45, 2.75) is 51.9 Å². The molecular weight excluding hydrogens is 352 g/mol. The number of fused-ring (bicyclic) bond motifs is 7. The molecule has 1 aromatic heterocycles. The number of furan rings is 1. The third-order valence-corrected chi connectivity index (χ3v) is 6.24. The van der Waals surface area contributed by atoms with Gasteiger partial charge in [0, 0.05) is 10.8 Å². The Morgan fingerprint density at radius 2 is 1.41 bits per heavy atom. The van der Waals surface area contributed by atoms with Crippen molar-refractivity contribution in [3.63, 3.8) is 0 Å². The molecule has 0 amide bonds. The Bertz CT molecular complexity index is 1290. The van der Waals surface area contributed by atoms with E-state index in [2.05, 4.69) is 67.6 Å². The van der Waals surface area contributed by atoms with Gasteiger partial charge in [0.05, 0.1) is 0 Å². The summed E-state index contributed by atoms with van der Waals surface area (Å²) < 4.78 is 6.07. The molecular formula is C28H28O. The second-order valence-electron chi connectivity index (χ2n) is 8.27. The summed E-state index contributed by atoms with van der Waals surface area (Å²) in [5, 5.41) is 7.70. The van der Waals surface area contributed by atoms with E-state index in [4.69, 9.17) is 4.42 Å². The van der Waals surface area contributed by atoms with Crippen molar-refractivity contribution < 1.29 is 4.42 Å². The number of rotatable bonds is 7. The lowest BCUT2D eigenvalue weighted by atomic mass is 9.96. The van der Waals surface area contributed by atoms with Crippen LogP contribution in [0.15, 0.2) is 71.1 Å². The minimum atomic E-state index is 0.962. The van der Waals surface area contributed by atoms with Crippen LogP contribution in [-0.4, -0.2) is 0 Å². The van der Waals surface area contributed by atoms with Crippen LogP contribution >= 0.6 is 0 Å². The molecule has 4 aromatic carbocycles. The fourth-order valence-corrected chi connectivity index (χ4v) is 4.68. The van der Waals surface area contributed by atoms with Gasteiger partial charge in [-0.15, -0.1) is 0 Å². The van der Waals surface area contributed by atoms with Crippen LogP contribution in [0.5, 0.6) is 0 Å². The van der Waals surface area contributed by atoms with Gasteiger partial charge in [0.25, 0.3) is 0 Å². The first kappa shape index (κ1) is 18.2. The highest BCUT2D eigenvalue weighted by molar-refractivity contribution is 6.23. The van der Waals surface area contributed by atoms with E-state index in [1.807, 2.05) is 6.07 Å². The van der Waals surface area contributed by atoms with Gasteiger partial charge in [-0.25, -0.2) is 0 Å². The molecule has 0 fully saturated rings. The Hall–Kier alpha value is -2.80. The lowest BCUT2D eigenvalue weighted by Gasteiger charge is -2.08. The zero-order valence-corrected chi connectivity index (χ0v) is 17.2. The molecule has 0 aliphatic rings. The highest BCUT2D eigenvalue weighted by Gasteiger charge is 2.11. The zero-order valence-electron chi connectivity index (χ0n) is 17.2. The van der Waals surface area contributed by atoms with Crippen molar-refractivity contribution >= 4 is 43.5 Å². The lowest BCUT2D eigenvalue weighted by Crippen LogP contribution is -1.87. The largest absolute Gasteiger partial charge is 0.456 e. The van der Waals surface area contributed by atoms with Gasteiger partial charge in [-0.1, -0.05) is 93.6 Å². The summed E-state index contributed by atoms with van der Waals surface area (Å²) in [5.41, 5.74) is 3.39. The maximum Gasteiger partial charge on any atom is 0.136 e. The first-order valence-corrected chi connectivity index (χ1v) is 11.1. The molecule has 0 N–H and O–H groups in total. The summed E-state index contributed by atoms with van der Waals surface area (Å²) in [7, 11) is 0. The van der Waals surface area contributed by atoms with Crippen molar-refractivity contribution in [1.82, 2.24) is 0 Å². The third-order valence-electron chi connectivity index (χ3n) is 6.24. The van der Waals surface area contributed by atoms with Crippen LogP contribution in [-0.2, 0) is 6.42 Å². The van der Waals surface area contributed by atoms with Crippen LogP contribution in [0.25, 0.3) is 43.5 Å². The van der Waals surface area contributed by atoms with Gasteiger partial charge in [-0.05, 0) is 52.1 Å². The van der Waals surface area contributed by atoms with E-state index in [1.165, 1.54) is 82.8 Å². The molecule has 0 bridgehead atoms. The number of aryl methyl sites for hydroxylation is 1. The van der Waals surface area contributed by atoms with E-state index in [0.717, 1.165) is 11.2 Å². The van der Waals surface area contributed by atoms with Crippen LogP contribution < -0.4 is 0 Å². The lowest BCUT2D eigenvalue weighted by molar-refractivity contribution is 0.607. The summed E-state index contributed by atoms with van der Waals surface area (Å²) in [6.45, 7) is 2.28. The van der Waals surface area contributed by atoms with Gasteiger partial charge in [0.1, 0.15) is 11.2 Å². The molecule has 29 heavy (non-hydrogen) atoms. The third kappa shape index (κ3) is 3.40. The molecule has 1 nitrogen and oxygen atoms in total. The van der Waals surface area contributed by atoms with Crippen molar-refractivity contribution in [2.75, 3.05) is 0 Å². The minimum absolute atomic E-state index is 0.962. The topological polar surface area (TPSA) is 13.1 Å². The van der Waals surface area contributed by atoms with Crippen LogP contribution in [0.3, 0.4) is 0 Å². The summed E-state index contributed by atoms with van der Waals surface area (Å²) in [5.74, 6) is 0. The van der Waals surface area contributed by atoms with E-state index in [1.54, 1.807) is 0 Å². The van der Waals surface area contributed by atoms with E-state index in [0.29, 0.717) is 0 Å². The number of para-hydroxylation sites is 1. The SMILES string of the molecule is CCCCCCCCc1ccc2c(ccc3c2ccc2oc4ccccc4c23)c1. The Morgan fingerprint density at radius 3 is 2.34 bits per heavy atom. The first-order chi connectivity index (χ1) is 14.3. The Balaban J connectivity index is 1.49.